The summed E-state index contributed by atoms with van der Waals surface area (Å²) in [6.45, 7) is 1.85. The van der Waals surface area contributed by atoms with Gasteiger partial charge in [0.15, 0.2) is 5.13 Å². The first-order chi connectivity index (χ1) is 9.49. The molecule has 2 rings (SSSR count). The number of thiazole rings is 1. The molecule has 0 radical (unpaired) electrons. The van der Waals surface area contributed by atoms with Crippen molar-refractivity contribution in [3.8, 4) is 0 Å². The van der Waals surface area contributed by atoms with Gasteiger partial charge in [-0.05, 0) is 19.8 Å². The van der Waals surface area contributed by atoms with Crippen molar-refractivity contribution >= 4 is 28.5 Å². The third kappa shape index (κ3) is 3.93. The Bertz CT molecular complexity index is 495. The number of aromatic nitrogens is 1. The van der Waals surface area contributed by atoms with Gasteiger partial charge in [0.1, 0.15) is 0 Å². The van der Waals surface area contributed by atoms with Crippen LogP contribution in [0.4, 0.5) is 9.93 Å². The fourth-order valence-corrected chi connectivity index (χ4v) is 3.33. The number of nitrogens with zero attached hydrogens (tertiary/aromatic N) is 1. The summed E-state index contributed by atoms with van der Waals surface area (Å²) in [5.41, 5.74) is 0.226. The van der Waals surface area contributed by atoms with Crippen LogP contribution in [-0.2, 0) is 4.79 Å². The number of hydrogen-bond donors (Lipinski definition) is 3. The first-order valence-corrected chi connectivity index (χ1v) is 7.60. The van der Waals surface area contributed by atoms with E-state index in [4.69, 9.17) is 5.11 Å². The molecule has 3 N–H and O–H groups in total. The molecular formula is C13H19N3O3S. The zero-order valence-corrected chi connectivity index (χ0v) is 12.3. The molecule has 7 heteroatoms. The average molecular weight is 297 g/mol. The van der Waals surface area contributed by atoms with Crippen LogP contribution in [0.3, 0.4) is 0 Å². The van der Waals surface area contributed by atoms with Crippen LogP contribution in [0.2, 0.25) is 0 Å². The minimum absolute atomic E-state index is 0.0304. The molecule has 0 spiro atoms. The van der Waals surface area contributed by atoms with Crippen molar-refractivity contribution in [2.45, 2.75) is 51.0 Å². The first-order valence-electron chi connectivity index (χ1n) is 6.72. The number of carbonyl (C=O) groups excluding carboxylic acids is 1. The predicted octanol–water partition coefficient (Wildman–Crippen LogP) is 2.75. The molecule has 0 unspecified atom stereocenters. The number of amides is 2. The zero-order chi connectivity index (χ0) is 14.6. The van der Waals surface area contributed by atoms with Gasteiger partial charge < -0.3 is 10.4 Å². The lowest BCUT2D eigenvalue weighted by Gasteiger charge is -2.36. The third-order valence-corrected chi connectivity index (χ3v) is 4.39. The van der Waals surface area contributed by atoms with E-state index in [1.54, 1.807) is 0 Å². The lowest BCUT2D eigenvalue weighted by atomic mass is 9.79. The second-order valence-corrected chi connectivity index (χ2v) is 6.14. The lowest BCUT2D eigenvalue weighted by Crippen LogP contribution is -2.52. The number of hydrogen-bond acceptors (Lipinski definition) is 4. The Morgan fingerprint density at radius 3 is 2.65 bits per heavy atom. The molecule has 0 aromatic carbocycles. The maximum atomic E-state index is 12.0. The number of aliphatic carboxylic acids is 1. The van der Waals surface area contributed by atoms with Gasteiger partial charge in [0.2, 0.25) is 0 Å². The SMILES string of the molecule is Cc1csc(NC(=O)NC2(CC(=O)O)CCCCC2)n1. The number of nitrogens with one attached hydrogen (secondary N) is 2. The van der Waals surface area contributed by atoms with Gasteiger partial charge in [-0.2, -0.15) is 0 Å². The molecule has 6 nitrogen and oxygen atoms in total. The standard InChI is InChI=1S/C13H19N3O3S/c1-9-8-20-12(14-9)15-11(19)16-13(7-10(17)18)5-3-2-4-6-13/h8H,2-7H2,1H3,(H,17,18)(H2,14,15,16,19). The molecule has 110 valence electrons. The number of carboxylic acids is 1. The Morgan fingerprint density at radius 2 is 2.10 bits per heavy atom. The molecule has 20 heavy (non-hydrogen) atoms. The van der Waals surface area contributed by atoms with E-state index in [1.807, 2.05) is 12.3 Å². The van der Waals surface area contributed by atoms with Crippen molar-refractivity contribution < 1.29 is 14.7 Å². The van der Waals surface area contributed by atoms with Crippen LogP contribution in [0.5, 0.6) is 0 Å². The van der Waals surface area contributed by atoms with E-state index in [1.165, 1.54) is 11.3 Å². The lowest BCUT2D eigenvalue weighted by molar-refractivity contribution is -0.138. The molecule has 1 aromatic heterocycles. The van der Waals surface area contributed by atoms with Gasteiger partial charge in [-0.3, -0.25) is 10.1 Å². The van der Waals surface area contributed by atoms with Gasteiger partial charge in [0.05, 0.1) is 17.7 Å². The summed E-state index contributed by atoms with van der Waals surface area (Å²) in [6.07, 6.45) is 4.38. The summed E-state index contributed by atoms with van der Waals surface area (Å²) >= 11 is 1.35. The molecule has 1 heterocycles. The maximum absolute atomic E-state index is 12.0. The Labute approximate surface area is 121 Å². The second-order valence-electron chi connectivity index (χ2n) is 5.28. The summed E-state index contributed by atoms with van der Waals surface area (Å²) in [6, 6.07) is -0.373. The predicted molar refractivity (Wildman–Crippen MR) is 77.1 cm³/mol. The fraction of sp³-hybridized carbons (Fsp3) is 0.615. The number of anilines is 1. The largest absolute Gasteiger partial charge is 0.481 e. The maximum Gasteiger partial charge on any atom is 0.321 e. The Balaban J connectivity index is 1.99. The fourth-order valence-electron chi connectivity index (χ4n) is 2.64. The first kappa shape index (κ1) is 14.8. The van der Waals surface area contributed by atoms with E-state index in [0.717, 1.165) is 25.0 Å². The van der Waals surface area contributed by atoms with E-state index in [0.29, 0.717) is 18.0 Å². The summed E-state index contributed by atoms with van der Waals surface area (Å²) in [4.78, 5) is 27.2. The number of rotatable bonds is 4. The highest BCUT2D eigenvalue weighted by Gasteiger charge is 2.35. The van der Waals surface area contributed by atoms with E-state index in [2.05, 4.69) is 15.6 Å². The average Bonchev–Trinajstić information content (AvgIpc) is 2.74. The summed E-state index contributed by atoms with van der Waals surface area (Å²) in [7, 11) is 0. The van der Waals surface area contributed by atoms with Gasteiger partial charge in [-0.25, -0.2) is 9.78 Å². The van der Waals surface area contributed by atoms with Crippen molar-refractivity contribution in [3.63, 3.8) is 0 Å². The van der Waals surface area contributed by atoms with E-state index in [-0.39, 0.29) is 12.5 Å². The molecule has 1 aliphatic rings. The van der Waals surface area contributed by atoms with Crippen molar-refractivity contribution in [1.29, 1.82) is 0 Å². The summed E-state index contributed by atoms with van der Waals surface area (Å²) < 4.78 is 0. The van der Waals surface area contributed by atoms with Gasteiger partial charge in [0, 0.05) is 5.38 Å². The van der Waals surface area contributed by atoms with Crippen molar-refractivity contribution in [2.75, 3.05) is 5.32 Å². The zero-order valence-electron chi connectivity index (χ0n) is 11.4. The van der Waals surface area contributed by atoms with Gasteiger partial charge in [-0.15, -0.1) is 11.3 Å². The summed E-state index contributed by atoms with van der Waals surface area (Å²) in [5, 5.41) is 17.0. The normalized spacial score (nSPS) is 17.4. The molecule has 0 bridgehead atoms. The molecule has 1 saturated carbocycles. The van der Waals surface area contributed by atoms with Gasteiger partial charge in [0.25, 0.3) is 0 Å². The van der Waals surface area contributed by atoms with E-state index in [9.17, 15) is 9.59 Å². The topological polar surface area (TPSA) is 91.3 Å². The van der Waals surface area contributed by atoms with E-state index >= 15 is 0 Å². The third-order valence-electron chi connectivity index (χ3n) is 3.52. The van der Waals surface area contributed by atoms with Crippen LogP contribution in [-0.4, -0.2) is 27.6 Å². The molecule has 1 aromatic rings. The highest BCUT2D eigenvalue weighted by atomic mass is 32.1. The van der Waals surface area contributed by atoms with Crippen LogP contribution < -0.4 is 10.6 Å². The highest BCUT2D eigenvalue weighted by molar-refractivity contribution is 7.13. The Kier molecular flexibility index (Phi) is 4.59. The molecule has 0 saturated heterocycles. The Morgan fingerprint density at radius 1 is 1.40 bits per heavy atom. The molecule has 1 fully saturated rings. The number of aryl methyl sites for hydroxylation is 1. The van der Waals surface area contributed by atoms with Crippen molar-refractivity contribution in [1.82, 2.24) is 10.3 Å². The van der Waals surface area contributed by atoms with Crippen LogP contribution in [0.25, 0.3) is 0 Å². The van der Waals surface area contributed by atoms with Crippen LogP contribution in [0.1, 0.15) is 44.2 Å². The minimum atomic E-state index is -0.878. The van der Waals surface area contributed by atoms with Crippen molar-refractivity contribution in [3.05, 3.63) is 11.1 Å². The minimum Gasteiger partial charge on any atom is -0.481 e. The number of carboxylic acid groups (broad SMARTS) is 1. The number of urea groups is 1. The summed E-state index contributed by atoms with van der Waals surface area (Å²) in [5.74, 6) is -0.878. The van der Waals surface area contributed by atoms with E-state index < -0.39 is 11.5 Å². The molecule has 1 aliphatic carbocycles. The van der Waals surface area contributed by atoms with Crippen LogP contribution >= 0.6 is 11.3 Å². The molecule has 0 aliphatic heterocycles. The second kappa shape index (κ2) is 6.21. The van der Waals surface area contributed by atoms with Gasteiger partial charge in [-0.1, -0.05) is 19.3 Å². The van der Waals surface area contributed by atoms with Crippen LogP contribution in [0.15, 0.2) is 5.38 Å². The number of carbonyl (C=O) groups is 2. The molecule has 0 atom stereocenters. The van der Waals surface area contributed by atoms with Crippen molar-refractivity contribution in [2.24, 2.45) is 0 Å². The Hall–Kier alpha value is -1.63. The smallest absolute Gasteiger partial charge is 0.321 e. The molecule has 2 amide bonds. The monoisotopic (exact) mass is 297 g/mol. The highest BCUT2D eigenvalue weighted by Crippen LogP contribution is 2.31. The van der Waals surface area contributed by atoms with Gasteiger partial charge >= 0.3 is 12.0 Å². The van der Waals surface area contributed by atoms with Crippen LogP contribution in [0, 0.1) is 6.92 Å². The molecular weight excluding hydrogens is 278 g/mol. The quantitative estimate of drug-likeness (QED) is 0.797.